The number of para-hydroxylation sites is 1. The zero-order chi connectivity index (χ0) is 16.5. The maximum absolute atomic E-state index is 5.89. The molecule has 0 amide bonds. The van der Waals surface area contributed by atoms with Crippen LogP contribution in [-0.2, 0) is 22.4 Å². The summed E-state index contributed by atoms with van der Waals surface area (Å²) < 4.78 is 19.3. The van der Waals surface area contributed by atoms with Gasteiger partial charge in [0.05, 0.1) is 19.8 Å². The highest BCUT2D eigenvalue weighted by Crippen LogP contribution is 2.29. The van der Waals surface area contributed by atoms with Crippen LogP contribution < -0.4 is 0 Å². The monoisotopic (exact) mass is 327 g/mol. The number of ether oxygens (including phenoxy) is 2. The van der Waals surface area contributed by atoms with Crippen LogP contribution in [0, 0.1) is 5.92 Å². The molecule has 1 saturated heterocycles. The van der Waals surface area contributed by atoms with Crippen LogP contribution in [0.3, 0.4) is 0 Å². The maximum atomic E-state index is 5.89. The van der Waals surface area contributed by atoms with Crippen LogP contribution in [0.5, 0.6) is 0 Å². The number of hydrogen-bond acceptors (Lipinski definition) is 5. The highest BCUT2D eigenvalue weighted by Gasteiger charge is 2.22. The van der Waals surface area contributed by atoms with Crippen molar-refractivity contribution in [1.82, 2.24) is 14.8 Å². The second-order valence-corrected chi connectivity index (χ2v) is 6.47. The summed E-state index contributed by atoms with van der Waals surface area (Å²) in [6, 6.07) is 10.3. The van der Waals surface area contributed by atoms with E-state index in [-0.39, 0.29) is 6.29 Å². The largest absolute Gasteiger partial charge is 0.419 e. The first-order chi connectivity index (χ1) is 11.7. The van der Waals surface area contributed by atoms with Gasteiger partial charge in [-0.1, -0.05) is 32.0 Å². The minimum atomic E-state index is -0.238. The summed E-state index contributed by atoms with van der Waals surface area (Å²) in [6.07, 6.45) is 0.542. The number of fused-ring (bicyclic) bond motifs is 1. The Morgan fingerprint density at radius 2 is 1.96 bits per heavy atom. The lowest BCUT2D eigenvalue weighted by molar-refractivity contribution is -0.0514. The molecule has 24 heavy (non-hydrogen) atoms. The van der Waals surface area contributed by atoms with Crippen LogP contribution in [0.2, 0.25) is 0 Å². The molecule has 4 rings (SSSR count). The minimum absolute atomic E-state index is 0.238. The van der Waals surface area contributed by atoms with E-state index in [1.54, 1.807) is 0 Å². The summed E-state index contributed by atoms with van der Waals surface area (Å²) in [7, 11) is 0. The van der Waals surface area contributed by atoms with Gasteiger partial charge < -0.3 is 18.5 Å². The summed E-state index contributed by atoms with van der Waals surface area (Å²) in [5.41, 5.74) is 2.01. The van der Waals surface area contributed by atoms with Crippen LogP contribution >= 0.6 is 0 Å². The molecule has 0 saturated carbocycles. The lowest BCUT2D eigenvalue weighted by Crippen LogP contribution is -2.17. The Hall–Kier alpha value is -2.18. The molecule has 3 aromatic rings. The van der Waals surface area contributed by atoms with Gasteiger partial charge in [-0.05, 0) is 18.1 Å². The van der Waals surface area contributed by atoms with E-state index in [1.807, 2.05) is 12.1 Å². The quantitative estimate of drug-likeness (QED) is 0.720. The standard InChI is InChI=1S/C18H21N3O3/c1-12(2)9-16-19-20-18(24-16)15-10-13-5-3-4-6-14(13)21(15)11-17-22-7-8-23-17/h3-6,10,12,17H,7-9,11H2,1-2H3. The summed E-state index contributed by atoms with van der Waals surface area (Å²) in [6.45, 7) is 6.15. The van der Waals surface area contributed by atoms with Gasteiger partial charge in [-0.2, -0.15) is 0 Å². The van der Waals surface area contributed by atoms with Gasteiger partial charge in [0.15, 0.2) is 6.29 Å². The molecule has 1 aromatic carbocycles. The third kappa shape index (κ3) is 2.95. The predicted molar refractivity (Wildman–Crippen MR) is 89.5 cm³/mol. The fourth-order valence-electron chi connectivity index (χ4n) is 3.03. The lowest BCUT2D eigenvalue weighted by atomic mass is 10.1. The SMILES string of the molecule is CC(C)Cc1nnc(-c2cc3ccccc3n2CC2OCCO2)o1. The van der Waals surface area contributed by atoms with Crippen molar-refractivity contribution in [2.75, 3.05) is 13.2 Å². The normalized spacial score (nSPS) is 15.8. The average molecular weight is 327 g/mol. The van der Waals surface area contributed by atoms with Gasteiger partial charge in [0.1, 0.15) is 5.69 Å². The third-order valence-electron chi connectivity index (χ3n) is 4.10. The topological polar surface area (TPSA) is 62.3 Å². The second-order valence-electron chi connectivity index (χ2n) is 6.47. The number of rotatable bonds is 5. The molecule has 6 heteroatoms. The first-order valence-corrected chi connectivity index (χ1v) is 8.35. The minimum Gasteiger partial charge on any atom is -0.419 e. The molecule has 2 aromatic heterocycles. The van der Waals surface area contributed by atoms with E-state index in [1.165, 1.54) is 0 Å². The zero-order valence-electron chi connectivity index (χ0n) is 13.9. The summed E-state index contributed by atoms with van der Waals surface area (Å²) in [5.74, 6) is 1.69. The zero-order valence-corrected chi connectivity index (χ0v) is 13.9. The first-order valence-electron chi connectivity index (χ1n) is 8.35. The van der Waals surface area contributed by atoms with Crippen molar-refractivity contribution in [3.63, 3.8) is 0 Å². The molecule has 0 spiro atoms. The maximum Gasteiger partial charge on any atom is 0.264 e. The van der Waals surface area contributed by atoms with Crippen molar-refractivity contribution in [2.24, 2.45) is 5.92 Å². The van der Waals surface area contributed by atoms with Crippen molar-refractivity contribution < 1.29 is 13.9 Å². The van der Waals surface area contributed by atoms with Crippen LogP contribution in [-0.4, -0.2) is 34.3 Å². The molecular formula is C18H21N3O3. The molecular weight excluding hydrogens is 306 g/mol. The highest BCUT2D eigenvalue weighted by molar-refractivity contribution is 5.85. The van der Waals surface area contributed by atoms with Crippen LogP contribution in [0.4, 0.5) is 0 Å². The van der Waals surface area contributed by atoms with Gasteiger partial charge in [0.25, 0.3) is 5.89 Å². The highest BCUT2D eigenvalue weighted by atomic mass is 16.7. The Kier molecular flexibility index (Phi) is 4.08. The number of benzene rings is 1. The number of hydrogen-bond donors (Lipinski definition) is 0. The third-order valence-corrected chi connectivity index (χ3v) is 4.10. The molecule has 3 heterocycles. The van der Waals surface area contributed by atoms with Crippen LogP contribution in [0.1, 0.15) is 19.7 Å². The van der Waals surface area contributed by atoms with Gasteiger partial charge in [-0.25, -0.2) is 0 Å². The summed E-state index contributed by atoms with van der Waals surface area (Å²) >= 11 is 0. The average Bonchev–Trinajstić information content (AvgIpc) is 3.28. The van der Waals surface area contributed by atoms with E-state index in [9.17, 15) is 0 Å². The van der Waals surface area contributed by atoms with Crippen molar-refractivity contribution in [3.8, 4) is 11.6 Å². The molecule has 1 aliphatic heterocycles. The van der Waals surface area contributed by atoms with E-state index < -0.39 is 0 Å². The lowest BCUT2D eigenvalue weighted by Gasteiger charge is -2.13. The van der Waals surface area contributed by atoms with Crippen LogP contribution in [0.25, 0.3) is 22.5 Å². The Labute approximate surface area is 140 Å². The van der Waals surface area contributed by atoms with E-state index >= 15 is 0 Å². The molecule has 1 fully saturated rings. The predicted octanol–water partition coefficient (Wildman–Crippen LogP) is 3.26. The van der Waals surface area contributed by atoms with E-state index in [0.29, 0.717) is 37.5 Å². The van der Waals surface area contributed by atoms with E-state index in [4.69, 9.17) is 13.9 Å². The Balaban J connectivity index is 1.74. The summed E-state index contributed by atoms with van der Waals surface area (Å²) in [4.78, 5) is 0. The van der Waals surface area contributed by atoms with Gasteiger partial charge in [-0.3, -0.25) is 0 Å². The van der Waals surface area contributed by atoms with Crippen molar-refractivity contribution in [1.29, 1.82) is 0 Å². The number of nitrogens with zero attached hydrogens (tertiary/aromatic N) is 3. The molecule has 0 aliphatic carbocycles. The molecule has 0 radical (unpaired) electrons. The summed E-state index contributed by atoms with van der Waals surface area (Å²) in [5, 5.41) is 9.57. The van der Waals surface area contributed by atoms with Crippen molar-refractivity contribution in [3.05, 3.63) is 36.2 Å². The Morgan fingerprint density at radius 1 is 1.17 bits per heavy atom. The van der Waals surface area contributed by atoms with E-state index in [2.05, 4.69) is 46.8 Å². The Morgan fingerprint density at radius 3 is 2.75 bits per heavy atom. The van der Waals surface area contributed by atoms with Crippen LogP contribution in [0.15, 0.2) is 34.7 Å². The molecule has 0 unspecified atom stereocenters. The molecule has 126 valence electrons. The molecule has 6 nitrogen and oxygen atoms in total. The molecule has 0 atom stereocenters. The number of aromatic nitrogens is 3. The van der Waals surface area contributed by atoms with Crippen molar-refractivity contribution >= 4 is 10.9 Å². The molecule has 1 aliphatic rings. The fraction of sp³-hybridized carbons (Fsp3) is 0.444. The second kappa shape index (κ2) is 6.37. The van der Waals surface area contributed by atoms with Gasteiger partial charge in [0, 0.05) is 17.3 Å². The van der Waals surface area contributed by atoms with E-state index in [0.717, 1.165) is 23.0 Å². The molecule has 0 N–H and O–H groups in total. The Bertz CT molecular complexity index is 831. The fourth-order valence-corrected chi connectivity index (χ4v) is 3.03. The first kappa shape index (κ1) is 15.4. The molecule has 0 bridgehead atoms. The van der Waals surface area contributed by atoms with Gasteiger partial charge in [0.2, 0.25) is 5.89 Å². The van der Waals surface area contributed by atoms with Gasteiger partial charge >= 0.3 is 0 Å². The smallest absolute Gasteiger partial charge is 0.264 e. The van der Waals surface area contributed by atoms with Gasteiger partial charge in [-0.15, -0.1) is 10.2 Å². The van der Waals surface area contributed by atoms with Crippen molar-refractivity contribution in [2.45, 2.75) is 33.1 Å².